The minimum atomic E-state index is 0.593. The Morgan fingerprint density at radius 1 is 1.03 bits per heavy atom. The fraction of sp³-hybridized carbons (Fsp3) is 0.250. The molecule has 6 nitrogen and oxygen atoms in total. The summed E-state index contributed by atoms with van der Waals surface area (Å²) in [5.41, 5.74) is 4.59. The van der Waals surface area contributed by atoms with E-state index in [-0.39, 0.29) is 0 Å². The van der Waals surface area contributed by atoms with E-state index in [0.717, 1.165) is 71.0 Å². The quantitative estimate of drug-likeness (QED) is 0.343. The Labute approximate surface area is 199 Å². The Bertz CT molecular complexity index is 1270. The van der Waals surface area contributed by atoms with Crippen LogP contribution in [0.15, 0.2) is 83.2 Å². The maximum absolute atomic E-state index is 6.35. The van der Waals surface area contributed by atoms with Gasteiger partial charge in [-0.1, -0.05) is 30.3 Å². The molecule has 6 heteroatoms. The zero-order valence-corrected chi connectivity index (χ0v) is 19.6. The number of likely N-dealkylation sites (N-methyl/N-ethyl adjacent to an activating group) is 1. The van der Waals surface area contributed by atoms with Gasteiger partial charge in [-0.05, 0) is 56.4 Å². The first-order valence-corrected chi connectivity index (χ1v) is 11.6. The van der Waals surface area contributed by atoms with Crippen LogP contribution in [-0.4, -0.2) is 43.7 Å². The number of hydrogen-bond acceptors (Lipinski definition) is 6. The molecule has 0 saturated carbocycles. The van der Waals surface area contributed by atoms with Gasteiger partial charge in [-0.25, -0.2) is 4.98 Å². The third kappa shape index (κ3) is 4.77. The number of fused-ring (bicyclic) bond motifs is 1. The highest BCUT2D eigenvalue weighted by atomic mass is 16.5. The van der Waals surface area contributed by atoms with Crippen LogP contribution in [0.1, 0.15) is 12.8 Å². The average molecular weight is 456 g/mol. The fourth-order valence-electron chi connectivity index (χ4n) is 4.07. The van der Waals surface area contributed by atoms with Crippen molar-refractivity contribution in [2.45, 2.75) is 12.8 Å². The maximum atomic E-state index is 6.35. The van der Waals surface area contributed by atoms with Gasteiger partial charge in [-0.2, -0.15) is 0 Å². The van der Waals surface area contributed by atoms with E-state index >= 15 is 0 Å². The van der Waals surface area contributed by atoms with E-state index < -0.39 is 0 Å². The summed E-state index contributed by atoms with van der Waals surface area (Å²) in [5.74, 6) is 2.60. The average Bonchev–Trinajstić information content (AvgIpc) is 3.52. The van der Waals surface area contributed by atoms with Crippen LogP contribution >= 0.6 is 0 Å². The molecule has 1 aliphatic heterocycles. The molecule has 1 saturated heterocycles. The van der Waals surface area contributed by atoms with Crippen molar-refractivity contribution in [1.82, 2.24) is 9.88 Å². The normalized spacial score (nSPS) is 14.6. The van der Waals surface area contributed by atoms with Crippen LogP contribution in [0.3, 0.4) is 0 Å². The molecule has 0 atom stereocenters. The van der Waals surface area contributed by atoms with E-state index in [4.69, 9.17) is 13.9 Å². The number of nitrogens with one attached hydrogen (secondary N) is 1. The standard InChI is InChI=1S/C28H29N3O3/c1-31(2)16-18-33-22-12-10-21(11-13-22)27-25(20-7-4-3-5-8-20)26-24(14-15-29-28(26)34-27)30-19-23-9-6-17-32-23/h3-5,7-8,10-15,19H,6,9,16-18H2,1-2H3,(H,29,30)/b23-19-. The van der Waals surface area contributed by atoms with Gasteiger partial charge in [0.05, 0.1) is 17.7 Å². The second-order valence-electron chi connectivity index (χ2n) is 8.59. The van der Waals surface area contributed by atoms with Crippen LogP contribution in [0.25, 0.3) is 33.6 Å². The van der Waals surface area contributed by atoms with Gasteiger partial charge in [0.25, 0.3) is 0 Å². The molecule has 0 aliphatic carbocycles. The lowest BCUT2D eigenvalue weighted by Crippen LogP contribution is -2.19. The Morgan fingerprint density at radius 3 is 2.59 bits per heavy atom. The third-order valence-electron chi connectivity index (χ3n) is 5.82. The van der Waals surface area contributed by atoms with E-state index in [9.17, 15) is 0 Å². The summed E-state index contributed by atoms with van der Waals surface area (Å²) in [4.78, 5) is 6.64. The number of nitrogens with zero attached hydrogens (tertiary/aromatic N) is 2. The first-order chi connectivity index (χ1) is 16.7. The number of furan rings is 1. The maximum Gasteiger partial charge on any atom is 0.229 e. The Kier molecular flexibility index (Phi) is 6.49. The second kappa shape index (κ2) is 10.0. The van der Waals surface area contributed by atoms with Crippen molar-refractivity contribution in [3.05, 3.63) is 78.8 Å². The Hall–Kier alpha value is -3.77. The Morgan fingerprint density at radius 2 is 1.85 bits per heavy atom. The van der Waals surface area contributed by atoms with Crippen molar-refractivity contribution in [2.24, 2.45) is 0 Å². The van der Waals surface area contributed by atoms with E-state index in [1.807, 2.05) is 68.8 Å². The van der Waals surface area contributed by atoms with Crippen molar-refractivity contribution in [1.29, 1.82) is 0 Å². The summed E-state index contributed by atoms with van der Waals surface area (Å²) in [7, 11) is 4.07. The monoisotopic (exact) mass is 455 g/mol. The number of ether oxygens (including phenoxy) is 2. The molecule has 1 N–H and O–H groups in total. The molecule has 3 heterocycles. The molecule has 0 unspecified atom stereocenters. The van der Waals surface area contributed by atoms with Gasteiger partial charge in [0.1, 0.15) is 23.9 Å². The van der Waals surface area contributed by atoms with Gasteiger partial charge in [-0.3, -0.25) is 0 Å². The predicted octanol–water partition coefficient (Wildman–Crippen LogP) is 6.17. The van der Waals surface area contributed by atoms with Crippen LogP contribution in [0.5, 0.6) is 5.75 Å². The molecule has 2 aromatic heterocycles. The lowest BCUT2D eigenvalue weighted by molar-refractivity contribution is 0.261. The molecule has 0 amide bonds. The molecule has 5 rings (SSSR count). The summed E-state index contributed by atoms with van der Waals surface area (Å²) < 4.78 is 17.9. The lowest BCUT2D eigenvalue weighted by Gasteiger charge is -2.11. The predicted molar refractivity (Wildman–Crippen MR) is 136 cm³/mol. The molecular weight excluding hydrogens is 426 g/mol. The highest BCUT2D eigenvalue weighted by molar-refractivity contribution is 6.07. The lowest BCUT2D eigenvalue weighted by atomic mass is 9.98. The number of pyridine rings is 1. The van der Waals surface area contributed by atoms with Crippen molar-refractivity contribution in [2.75, 3.05) is 39.2 Å². The summed E-state index contributed by atoms with van der Waals surface area (Å²) >= 11 is 0. The van der Waals surface area contributed by atoms with Crippen LogP contribution in [0.2, 0.25) is 0 Å². The first-order valence-electron chi connectivity index (χ1n) is 11.6. The van der Waals surface area contributed by atoms with Gasteiger partial charge < -0.3 is 24.1 Å². The van der Waals surface area contributed by atoms with Gasteiger partial charge in [0.2, 0.25) is 5.71 Å². The summed E-state index contributed by atoms with van der Waals surface area (Å²) in [6.07, 6.45) is 5.72. The molecule has 1 fully saturated rings. The molecule has 174 valence electrons. The van der Waals surface area contributed by atoms with Crippen molar-refractivity contribution < 1.29 is 13.9 Å². The number of allylic oxidation sites excluding steroid dienone is 1. The molecule has 34 heavy (non-hydrogen) atoms. The largest absolute Gasteiger partial charge is 0.496 e. The second-order valence-corrected chi connectivity index (χ2v) is 8.59. The SMILES string of the molecule is CN(C)CCOc1ccc(-c2oc3nccc(N/C=C4/CCCO4)c3c2-c2ccccc2)cc1. The van der Waals surface area contributed by atoms with Crippen molar-refractivity contribution in [3.63, 3.8) is 0 Å². The topological polar surface area (TPSA) is 59.8 Å². The number of rotatable bonds is 8. The smallest absolute Gasteiger partial charge is 0.229 e. The molecule has 1 aliphatic rings. The van der Waals surface area contributed by atoms with Crippen LogP contribution < -0.4 is 10.1 Å². The highest BCUT2D eigenvalue weighted by Crippen LogP contribution is 2.43. The zero-order valence-electron chi connectivity index (χ0n) is 19.6. The molecule has 4 aromatic rings. The van der Waals surface area contributed by atoms with Gasteiger partial charge >= 0.3 is 0 Å². The number of hydrogen-bond donors (Lipinski definition) is 1. The number of anilines is 1. The fourth-order valence-corrected chi connectivity index (χ4v) is 4.07. The summed E-state index contributed by atoms with van der Waals surface area (Å²) in [5, 5.41) is 4.38. The van der Waals surface area contributed by atoms with Gasteiger partial charge in [0, 0.05) is 36.5 Å². The third-order valence-corrected chi connectivity index (χ3v) is 5.82. The molecular formula is C28H29N3O3. The molecule has 2 aromatic carbocycles. The number of aromatic nitrogens is 1. The molecule has 0 bridgehead atoms. The minimum Gasteiger partial charge on any atom is -0.496 e. The van der Waals surface area contributed by atoms with Crippen molar-refractivity contribution in [3.8, 4) is 28.2 Å². The van der Waals surface area contributed by atoms with E-state index in [1.54, 1.807) is 6.20 Å². The molecule has 0 radical (unpaired) electrons. The van der Waals surface area contributed by atoms with E-state index in [2.05, 4.69) is 27.3 Å². The van der Waals surface area contributed by atoms with E-state index in [1.165, 1.54) is 0 Å². The van der Waals surface area contributed by atoms with Gasteiger partial charge in [-0.15, -0.1) is 0 Å². The van der Waals surface area contributed by atoms with E-state index in [0.29, 0.717) is 12.3 Å². The molecule has 0 spiro atoms. The zero-order chi connectivity index (χ0) is 23.3. The summed E-state index contributed by atoms with van der Waals surface area (Å²) in [6, 6.07) is 20.3. The first kappa shape index (κ1) is 22.0. The number of benzene rings is 2. The minimum absolute atomic E-state index is 0.593. The van der Waals surface area contributed by atoms with Crippen LogP contribution in [-0.2, 0) is 4.74 Å². The van der Waals surface area contributed by atoms with Crippen LogP contribution in [0, 0.1) is 0 Å². The summed E-state index contributed by atoms with van der Waals surface area (Å²) in [6.45, 7) is 2.29. The van der Waals surface area contributed by atoms with Crippen molar-refractivity contribution >= 4 is 16.8 Å². The Balaban J connectivity index is 1.55. The van der Waals surface area contributed by atoms with Gasteiger partial charge in [0.15, 0.2) is 0 Å². The highest BCUT2D eigenvalue weighted by Gasteiger charge is 2.21. The van der Waals surface area contributed by atoms with Crippen LogP contribution in [0.4, 0.5) is 5.69 Å².